The molecule has 0 atom stereocenters. The van der Waals surface area contributed by atoms with Crippen molar-refractivity contribution in [3.05, 3.63) is 57.8 Å². The smallest absolute Gasteiger partial charge is 0.263 e. The van der Waals surface area contributed by atoms with Gasteiger partial charge in [0.05, 0.1) is 7.11 Å². The van der Waals surface area contributed by atoms with Crippen molar-refractivity contribution < 1.29 is 13.9 Å². The van der Waals surface area contributed by atoms with Crippen LogP contribution in [0.25, 0.3) is 0 Å². The van der Waals surface area contributed by atoms with Crippen LogP contribution >= 0.6 is 15.9 Å². The van der Waals surface area contributed by atoms with E-state index in [0.717, 1.165) is 15.6 Å². The van der Waals surface area contributed by atoms with Crippen molar-refractivity contribution in [2.24, 2.45) is 0 Å². The zero-order valence-corrected chi connectivity index (χ0v) is 14.9. The van der Waals surface area contributed by atoms with E-state index < -0.39 is 0 Å². The molecular formula is C16H15BrFN5O2. The predicted octanol–water partition coefficient (Wildman–Crippen LogP) is 3.30. The summed E-state index contributed by atoms with van der Waals surface area (Å²) in [4.78, 5) is 0. The van der Waals surface area contributed by atoms with Gasteiger partial charge in [-0.2, -0.15) is 5.21 Å². The first-order valence-corrected chi connectivity index (χ1v) is 8.16. The van der Waals surface area contributed by atoms with Crippen LogP contribution in [0.3, 0.4) is 0 Å². The average Bonchev–Trinajstić information content (AvgIpc) is 3.14. The normalized spacial score (nSPS) is 10.5. The summed E-state index contributed by atoms with van der Waals surface area (Å²) in [5, 5.41) is 16.6. The number of rotatable bonds is 7. The van der Waals surface area contributed by atoms with Gasteiger partial charge in [-0.1, -0.05) is 33.2 Å². The molecule has 0 unspecified atom stereocenters. The lowest BCUT2D eigenvalue weighted by atomic mass is 10.1. The monoisotopic (exact) mass is 407 g/mol. The van der Waals surface area contributed by atoms with Crippen molar-refractivity contribution in [1.29, 1.82) is 0 Å². The van der Waals surface area contributed by atoms with Gasteiger partial charge in [0.15, 0.2) is 11.5 Å². The van der Waals surface area contributed by atoms with E-state index in [1.807, 2.05) is 12.1 Å². The molecule has 2 aromatic carbocycles. The zero-order valence-electron chi connectivity index (χ0n) is 13.3. The number of aromatic nitrogens is 4. The number of H-pyrrole nitrogens is 1. The number of nitrogens with zero attached hydrogens (tertiary/aromatic N) is 3. The molecule has 9 heteroatoms. The minimum absolute atomic E-state index is 0.280. The SMILES string of the molecule is COc1ccc(Br)c(CNc2nn[nH]n2)c1OCc1ccc(F)cc1. The number of halogens is 2. The molecule has 0 saturated heterocycles. The lowest BCUT2D eigenvalue weighted by molar-refractivity contribution is 0.281. The highest BCUT2D eigenvalue weighted by Crippen LogP contribution is 2.37. The molecule has 0 aliphatic heterocycles. The maximum atomic E-state index is 13.0. The van der Waals surface area contributed by atoms with E-state index in [4.69, 9.17) is 9.47 Å². The number of methoxy groups -OCH3 is 1. The van der Waals surface area contributed by atoms with Crippen LogP contribution in [0.2, 0.25) is 0 Å². The van der Waals surface area contributed by atoms with Crippen molar-refractivity contribution in [3.63, 3.8) is 0 Å². The van der Waals surface area contributed by atoms with Gasteiger partial charge in [-0.25, -0.2) is 4.39 Å². The number of benzene rings is 2. The van der Waals surface area contributed by atoms with Gasteiger partial charge >= 0.3 is 0 Å². The van der Waals surface area contributed by atoms with E-state index >= 15 is 0 Å². The molecule has 3 rings (SSSR count). The second kappa shape index (κ2) is 7.93. The fourth-order valence-corrected chi connectivity index (χ4v) is 2.66. The minimum atomic E-state index is -0.284. The van der Waals surface area contributed by atoms with Crippen LogP contribution in [0, 0.1) is 5.82 Å². The highest BCUT2D eigenvalue weighted by molar-refractivity contribution is 9.10. The fraction of sp³-hybridized carbons (Fsp3) is 0.188. The molecule has 1 aromatic heterocycles. The van der Waals surface area contributed by atoms with Crippen molar-refractivity contribution in [2.45, 2.75) is 13.2 Å². The van der Waals surface area contributed by atoms with E-state index in [-0.39, 0.29) is 12.4 Å². The van der Waals surface area contributed by atoms with Gasteiger partial charge in [-0.15, -0.1) is 5.10 Å². The maximum absolute atomic E-state index is 13.0. The largest absolute Gasteiger partial charge is 0.493 e. The molecule has 7 nitrogen and oxygen atoms in total. The summed E-state index contributed by atoms with van der Waals surface area (Å²) in [5.74, 6) is 1.26. The molecule has 0 spiro atoms. The first-order chi connectivity index (χ1) is 12.2. The van der Waals surface area contributed by atoms with Crippen molar-refractivity contribution in [3.8, 4) is 11.5 Å². The van der Waals surface area contributed by atoms with Gasteiger partial charge in [0.1, 0.15) is 12.4 Å². The van der Waals surface area contributed by atoms with Crippen LogP contribution in [0.4, 0.5) is 10.3 Å². The van der Waals surface area contributed by atoms with Crippen molar-refractivity contribution in [1.82, 2.24) is 20.6 Å². The minimum Gasteiger partial charge on any atom is -0.493 e. The molecular weight excluding hydrogens is 393 g/mol. The molecule has 0 saturated carbocycles. The molecule has 0 radical (unpaired) electrons. The quantitative estimate of drug-likeness (QED) is 0.624. The third-order valence-corrected chi connectivity index (χ3v) is 4.20. The summed E-state index contributed by atoms with van der Waals surface area (Å²) in [6, 6.07) is 9.83. The van der Waals surface area contributed by atoms with Crippen LogP contribution in [0.5, 0.6) is 11.5 Å². The Bertz CT molecular complexity index is 827. The summed E-state index contributed by atoms with van der Waals surface area (Å²) >= 11 is 3.52. The molecule has 0 aliphatic carbocycles. The standard InChI is InChI=1S/C16H15BrFN5O2/c1-24-14-7-6-13(17)12(8-19-16-20-22-23-21-16)15(14)25-9-10-2-4-11(18)5-3-10/h2-7H,8-9H2,1H3,(H2,19,20,21,22,23). The van der Waals surface area contributed by atoms with E-state index in [1.54, 1.807) is 19.2 Å². The second-order valence-corrected chi connectivity index (χ2v) is 5.92. The second-order valence-electron chi connectivity index (χ2n) is 5.06. The Morgan fingerprint density at radius 1 is 1.20 bits per heavy atom. The molecule has 3 aromatic rings. The molecule has 130 valence electrons. The van der Waals surface area contributed by atoms with E-state index in [0.29, 0.717) is 24.0 Å². The third kappa shape index (κ3) is 4.24. The van der Waals surface area contributed by atoms with E-state index in [9.17, 15) is 4.39 Å². The lowest BCUT2D eigenvalue weighted by Crippen LogP contribution is -2.07. The van der Waals surface area contributed by atoms with Crippen molar-refractivity contribution >= 4 is 21.9 Å². The Labute approximate surface area is 151 Å². The first-order valence-electron chi connectivity index (χ1n) is 7.37. The fourth-order valence-electron chi connectivity index (χ4n) is 2.21. The Kier molecular flexibility index (Phi) is 5.44. The molecule has 0 fully saturated rings. The topological polar surface area (TPSA) is 85.0 Å². The Morgan fingerprint density at radius 2 is 2.00 bits per heavy atom. The Morgan fingerprint density at radius 3 is 2.68 bits per heavy atom. The number of nitrogens with one attached hydrogen (secondary N) is 2. The summed E-state index contributed by atoms with van der Waals surface area (Å²) < 4.78 is 25.2. The molecule has 0 amide bonds. The molecule has 1 heterocycles. The van der Waals surface area contributed by atoms with Crippen LogP contribution in [0.1, 0.15) is 11.1 Å². The Hall–Kier alpha value is -2.68. The highest BCUT2D eigenvalue weighted by atomic mass is 79.9. The zero-order chi connectivity index (χ0) is 17.6. The first kappa shape index (κ1) is 17.2. The van der Waals surface area contributed by atoms with Gasteiger partial charge in [0.25, 0.3) is 5.95 Å². The van der Waals surface area contributed by atoms with Crippen molar-refractivity contribution in [2.75, 3.05) is 12.4 Å². The van der Waals surface area contributed by atoms with Crippen LogP contribution in [-0.2, 0) is 13.2 Å². The van der Waals surface area contributed by atoms with Gasteiger partial charge < -0.3 is 14.8 Å². The molecule has 0 bridgehead atoms. The van der Waals surface area contributed by atoms with E-state index in [1.165, 1.54) is 12.1 Å². The summed E-state index contributed by atoms with van der Waals surface area (Å²) in [5.41, 5.74) is 1.69. The summed E-state index contributed by atoms with van der Waals surface area (Å²) in [7, 11) is 1.57. The Balaban J connectivity index is 1.81. The number of ether oxygens (including phenoxy) is 2. The van der Waals surface area contributed by atoms with Gasteiger partial charge in [-0.05, 0) is 35.0 Å². The number of hydrogen-bond donors (Lipinski definition) is 2. The summed E-state index contributed by atoms with van der Waals surface area (Å²) in [6.07, 6.45) is 0. The average molecular weight is 408 g/mol. The van der Waals surface area contributed by atoms with Crippen LogP contribution < -0.4 is 14.8 Å². The van der Waals surface area contributed by atoms with Crippen LogP contribution in [0.15, 0.2) is 40.9 Å². The molecule has 0 aliphatic rings. The number of anilines is 1. The summed E-state index contributed by atoms with van der Waals surface area (Å²) in [6.45, 7) is 0.679. The van der Waals surface area contributed by atoms with Crippen LogP contribution in [-0.4, -0.2) is 27.7 Å². The van der Waals surface area contributed by atoms with Gasteiger partial charge in [0, 0.05) is 16.6 Å². The molecule has 2 N–H and O–H groups in total. The predicted molar refractivity (Wildman–Crippen MR) is 92.9 cm³/mol. The van der Waals surface area contributed by atoms with Gasteiger partial charge in [0.2, 0.25) is 0 Å². The third-order valence-electron chi connectivity index (χ3n) is 3.45. The maximum Gasteiger partial charge on any atom is 0.263 e. The number of aromatic amines is 1. The number of tetrazole rings is 1. The highest BCUT2D eigenvalue weighted by Gasteiger charge is 2.15. The van der Waals surface area contributed by atoms with Gasteiger partial charge in [-0.3, -0.25) is 0 Å². The molecule has 25 heavy (non-hydrogen) atoms. The lowest BCUT2D eigenvalue weighted by Gasteiger charge is -2.17. The van der Waals surface area contributed by atoms with E-state index in [2.05, 4.69) is 41.9 Å². The number of hydrogen-bond acceptors (Lipinski definition) is 6.